The lowest BCUT2D eigenvalue weighted by Gasteiger charge is -2.08. The number of carbonyl (C=O) groups excluding carboxylic acids is 1. The molecule has 0 unspecified atom stereocenters. The summed E-state index contributed by atoms with van der Waals surface area (Å²) in [5.74, 6) is -0.424. The molecule has 1 aromatic rings. The van der Waals surface area contributed by atoms with E-state index >= 15 is 0 Å². The number of anilines is 1. The van der Waals surface area contributed by atoms with Gasteiger partial charge in [-0.25, -0.2) is 4.39 Å². The van der Waals surface area contributed by atoms with Crippen LogP contribution in [0.2, 0.25) is 0 Å². The maximum Gasteiger partial charge on any atom is 0.252 e. The molecule has 0 saturated heterocycles. The average molecular weight is 398 g/mol. The Morgan fingerprint density at radius 1 is 0.852 bits per heavy atom. The Morgan fingerprint density at radius 2 is 1.33 bits per heavy atom. The van der Waals surface area contributed by atoms with Crippen LogP contribution >= 0.6 is 11.6 Å². The zero-order valence-electron chi connectivity index (χ0n) is 17.0. The Morgan fingerprint density at radius 3 is 1.78 bits per heavy atom. The maximum atomic E-state index is 13.8. The predicted molar refractivity (Wildman–Crippen MR) is 115 cm³/mol. The summed E-state index contributed by atoms with van der Waals surface area (Å²) in [6.07, 6.45) is 18.6. The zero-order chi connectivity index (χ0) is 19.7. The molecule has 1 aromatic carbocycles. The third-order valence-electron chi connectivity index (χ3n) is 5.04. The molecule has 0 atom stereocenters. The Kier molecular flexibility index (Phi) is 14.1. The first kappa shape index (κ1) is 23.9. The molecule has 0 aliphatic heterocycles. The van der Waals surface area contributed by atoms with Crippen molar-refractivity contribution >= 4 is 22.5 Å². The van der Waals surface area contributed by atoms with Gasteiger partial charge < -0.3 is 5.32 Å². The minimum absolute atomic E-state index is 0.191. The summed E-state index contributed by atoms with van der Waals surface area (Å²) < 4.78 is 13.8. The monoisotopic (exact) mass is 397 g/mol. The molecule has 0 aromatic heterocycles. The summed E-state index contributed by atoms with van der Waals surface area (Å²) in [6.45, 7) is 3.02. The van der Waals surface area contributed by atoms with Crippen LogP contribution < -0.4 is 5.32 Å². The number of halogens is 2. The van der Waals surface area contributed by atoms with Gasteiger partial charge in [-0.1, -0.05) is 90.4 Å². The average Bonchev–Trinajstić information content (AvgIpc) is 2.65. The lowest BCUT2D eigenvalue weighted by atomic mass is 10.0. The van der Waals surface area contributed by atoms with Gasteiger partial charge in [0.2, 0.25) is 0 Å². The van der Waals surface area contributed by atoms with Crippen LogP contribution in [-0.2, 0) is 0 Å². The highest BCUT2D eigenvalue weighted by Gasteiger charge is 2.07. The fourth-order valence-electron chi connectivity index (χ4n) is 3.32. The van der Waals surface area contributed by atoms with E-state index in [2.05, 4.69) is 12.2 Å². The molecule has 0 amide bonds. The van der Waals surface area contributed by atoms with Gasteiger partial charge in [-0.05, 0) is 36.2 Å². The van der Waals surface area contributed by atoms with E-state index in [1.165, 1.54) is 89.5 Å². The van der Waals surface area contributed by atoms with Gasteiger partial charge in [0.1, 0.15) is 5.82 Å². The van der Waals surface area contributed by atoms with Crippen molar-refractivity contribution in [2.75, 3.05) is 11.9 Å². The maximum absolute atomic E-state index is 13.8. The molecule has 0 radical (unpaired) electrons. The number of hydrogen-bond donors (Lipinski definition) is 1. The van der Waals surface area contributed by atoms with Crippen molar-refractivity contribution in [1.29, 1.82) is 0 Å². The van der Waals surface area contributed by atoms with Gasteiger partial charge in [0.25, 0.3) is 5.24 Å². The molecule has 1 N–H and O–H groups in total. The number of benzene rings is 1. The van der Waals surface area contributed by atoms with E-state index in [9.17, 15) is 9.18 Å². The van der Waals surface area contributed by atoms with E-state index in [-0.39, 0.29) is 5.56 Å². The van der Waals surface area contributed by atoms with Crippen molar-refractivity contribution in [2.45, 2.75) is 96.8 Å². The molecule has 0 heterocycles. The van der Waals surface area contributed by atoms with Crippen molar-refractivity contribution in [3.63, 3.8) is 0 Å². The normalized spacial score (nSPS) is 10.9. The van der Waals surface area contributed by atoms with Crippen LogP contribution in [-0.4, -0.2) is 11.8 Å². The van der Waals surface area contributed by atoms with Crippen LogP contribution in [0.3, 0.4) is 0 Å². The van der Waals surface area contributed by atoms with Gasteiger partial charge in [0.05, 0.1) is 5.69 Å². The summed E-state index contributed by atoms with van der Waals surface area (Å²) in [5, 5.41) is 2.46. The highest BCUT2D eigenvalue weighted by atomic mass is 35.5. The van der Waals surface area contributed by atoms with E-state index in [4.69, 9.17) is 11.6 Å². The quantitative estimate of drug-likeness (QED) is 0.212. The van der Waals surface area contributed by atoms with Crippen molar-refractivity contribution in [3.8, 4) is 0 Å². The van der Waals surface area contributed by atoms with Gasteiger partial charge in [0, 0.05) is 12.1 Å². The van der Waals surface area contributed by atoms with Gasteiger partial charge >= 0.3 is 0 Å². The standard InChI is InChI=1S/C23H37ClFNO/c1-2-3-4-5-6-7-8-9-10-11-12-13-14-15-18-26-22-17-16-20(23(24)27)19-21(22)25/h16-17,19,26H,2-15,18H2,1H3. The minimum atomic E-state index is -0.632. The van der Waals surface area contributed by atoms with Crippen LogP contribution in [0.25, 0.3) is 0 Å². The van der Waals surface area contributed by atoms with E-state index in [0.29, 0.717) is 5.69 Å². The van der Waals surface area contributed by atoms with Crippen LogP contribution in [0.1, 0.15) is 107 Å². The summed E-state index contributed by atoms with van der Waals surface area (Å²) >= 11 is 5.35. The lowest BCUT2D eigenvalue weighted by molar-refractivity contribution is 0.108. The summed E-state index contributed by atoms with van der Waals surface area (Å²) in [4.78, 5) is 11.0. The van der Waals surface area contributed by atoms with Crippen LogP contribution in [0.15, 0.2) is 18.2 Å². The number of hydrogen-bond acceptors (Lipinski definition) is 2. The summed E-state index contributed by atoms with van der Waals surface area (Å²) in [6, 6.07) is 4.31. The zero-order valence-corrected chi connectivity index (χ0v) is 17.8. The second-order valence-corrected chi connectivity index (χ2v) is 7.83. The first-order valence-electron chi connectivity index (χ1n) is 10.9. The van der Waals surface area contributed by atoms with Crippen molar-refractivity contribution in [3.05, 3.63) is 29.6 Å². The fourth-order valence-corrected chi connectivity index (χ4v) is 3.44. The fraction of sp³-hybridized carbons (Fsp3) is 0.696. The van der Waals surface area contributed by atoms with E-state index in [1.54, 1.807) is 12.1 Å². The molecule has 0 aliphatic carbocycles. The lowest BCUT2D eigenvalue weighted by Crippen LogP contribution is -2.04. The molecule has 0 bridgehead atoms. The number of nitrogens with one attached hydrogen (secondary N) is 1. The Balaban J connectivity index is 1.90. The smallest absolute Gasteiger partial charge is 0.252 e. The van der Waals surface area contributed by atoms with Gasteiger partial charge in [0.15, 0.2) is 0 Å². The molecular weight excluding hydrogens is 361 g/mol. The van der Waals surface area contributed by atoms with Crippen molar-refractivity contribution < 1.29 is 9.18 Å². The molecule has 0 saturated carbocycles. The molecule has 0 aliphatic rings. The number of carbonyl (C=O) groups is 1. The summed E-state index contributed by atoms with van der Waals surface area (Å²) in [5.41, 5.74) is 0.627. The Bertz CT molecular complexity index is 521. The van der Waals surface area contributed by atoms with Gasteiger partial charge in [-0.2, -0.15) is 0 Å². The highest BCUT2D eigenvalue weighted by molar-refractivity contribution is 6.67. The van der Waals surface area contributed by atoms with Crippen LogP contribution in [0, 0.1) is 5.82 Å². The third kappa shape index (κ3) is 12.1. The second kappa shape index (κ2) is 15.9. The molecule has 154 valence electrons. The Hall–Kier alpha value is -1.09. The first-order valence-corrected chi connectivity index (χ1v) is 11.3. The predicted octanol–water partition coefficient (Wildman–Crippen LogP) is 8.10. The summed E-state index contributed by atoms with van der Waals surface area (Å²) in [7, 11) is 0. The number of unbranched alkanes of at least 4 members (excludes halogenated alkanes) is 13. The van der Waals surface area contributed by atoms with Crippen molar-refractivity contribution in [2.24, 2.45) is 0 Å². The second-order valence-electron chi connectivity index (χ2n) is 7.49. The highest BCUT2D eigenvalue weighted by Crippen LogP contribution is 2.17. The van der Waals surface area contributed by atoms with Crippen molar-refractivity contribution in [1.82, 2.24) is 0 Å². The molecule has 0 fully saturated rings. The van der Waals surface area contributed by atoms with Gasteiger partial charge in [-0.3, -0.25) is 4.79 Å². The third-order valence-corrected chi connectivity index (χ3v) is 5.26. The van der Waals surface area contributed by atoms with Gasteiger partial charge in [-0.15, -0.1) is 0 Å². The molecule has 4 heteroatoms. The Labute approximate surface area is 170 Å². The minimum Gasteiger partial charge on any atom is -0.383 e. The SMILES string of the molecule is CCCCCCCCCCCCCCCCNc1ccc(C(=O)Cl)cc1F. The largest absolute Gasteiger partial charge is 0.383 e. The van der Waals surface area contributed by atoms with E-state index < -0.39 is 11.1 Å². The molecule has 27 heavy (non-hydrogen) atoms. The molecule has 1 rings (SSSR count). The first-order chi connectivity index (χ1) is 13.1. The molecule has 2 nitrogen and oxygen atoms in total. The number of rotatable bonds is 17. The van der Waals surface area contributed by atoms with Crippen LogP contribution in [0.4, 0.5) is 10.1 Å². The van der Waals surface area contributed by atoms with Crippen LogP contribution in [0.5, 0.6) is 0 Å². The van der Waals surface area contributed by atoms with E-state index in [1.807, 2.05) is 0 Å². The topological polar surface area (TPSA) is 29.1 Å². The molecule has 0 spiro atoms. The molecular formula is C23H37ClFNO. The van der Waals surface area contributed by atoms with E-state index in [0.717, 1.165) is 13.0 Å².